The Kier molecular flexibility index (Phi) is 9.33. The monoisotopic (exact) mass is 364 g/mol. The van der Waals surface area contributed by atoms with E-state index in [0.29, 0.717) is 25.7 Å². The van der Waals surface area contributed by atoms with Crippen LogP contribution in [0.1, 0.15) is 39.3 Å². The number of likely N-dealkylation sites (N-methyl/N-ethyl adjacent to an activating group) is 1. The molecular weight excluding hydrogens is 332 g/mol. The van der Waals surface area contributed by atoms with Crippen LogP contribution >= 0.6 is 0 Å². The first-order valence-corrected chi connectivity index (χ1v) is 9.07. The molecule has 0 heterocycles. The predicted octanol–water partition coefficient (Wildman–Crippen LogP) is 2.19. The zero-order valence-electron chi connectivity index (χ0n) is 16.8. The van der Waals surface area contributed by atoms with Gasteiger partial charge < -0.3 is 25.0 Å². The van der Waals surface area contributed by atoms with Crippen LogP contribution in [0.3, 0.4) is 0 Å². The van der Waals surface area contributed by atoms with Crippen molar-refractivity contribution >= 4 is 11.9 Å². The second-order valence-electron chi connectivity index (χ2n) is 5.92. The van der Waals surface area contributed by atoms with Gasteiger partial charge in [-0.05, 0) is 45.4 Å². The van der Waals surface area contributed by atoms with Crippen molar-refractivity contribution in [1.82, 2.24) is 15.5 Å². The summed E-state index contributed by atoms with van der Waals surface area (Å²) in [6, 6.07) is 5.87. The van der Waals surface area contributed by atoms with E-state index in [4.69, 9.17) is 9.47 Å². The zero-order chi connectivity index (χ0) is 19.5. The van der Waals surface area contributed by atoms with E-state index in [9.17, 15) is 4.79 Å². The molecule has 7 heteroatoms. The SMILES string of the molecule is CCNC(=NCC(=O)N(C)C)NC(C)c1ccc(OCC)c(OCC)c1. The first kappa shape index (κ1) is 21.6. The Morgan fingerprint density at radius 3 is 2.38 bits per heavy atom. The van der Waals surface area contributed by atoms with Crippen molar-refractivity contribution in [1.29, 1.82) is 0 Å². The van der Waals surface area contributed by atoms with E-state index in [1.165, 1.54) is 4.90 Å². The summed E-state index contributed by atoms with van der Waals surface area (Å²) in [6.07, 6.45) is 0. The van der Waals surface area contributed by atoms with Crippen LogP contribution in [0.4, 0.5) is 0 Å². The van der Waals surface area contributed by atoms with Crippen LogP contribution in [0.25, 0.3) is 0 Å². The molecule has 2 N–H and O–H groups in total. The third-order valence-corrected chi connectivity index (χ3v) is 3.64. The molecule has 0 aliphatic heterocycles. The molecule has 7 nitrogen and oxygen atoms in total. The molecule has 0 saturated carbocycles. The number of hydrogen-bond donors (Lipinski definition) is 2. The number of ether oxygens (including phenoxy) is 2. The van der Waals surface area contributed by atoms with Crippen LogP contribution in [0.2, 0.25) is 0 Å². The number of hydrogen-bond acceptors (Lipinski definition) is 4. The molecule has 0 bridgehead atoms. The lowest BCUT2D eigenvalue weighted by molar-refractivity contribution is -0.127. The minimum Gasteiger partial charge on any atom is -0.490 e. The fraction of sp³-hybridized carbons (Fsp3) is 0.579. The third-order valence-electron chi connectivity index (χ3n) is 3.64. The third kappa shape index (κ3) is 6.82. The minimum atomic E-state index is -0.0467. The van der Waals surface area contributed by atoms with Gasteiger partial charge in [0.15, 0.2) is 17.5 Å². The molecule has 1 amide bonds. The van der Waals surface area contributed by atoms with Crippen LogP contribution in [-0.2, 0) is 4.79 Å². The number of guanidine groups is 1. The smallest absolute Gasteiger partial charge is 0.243 e. The van der Waals surface area contributed by atoms with E-state index in [1.54, 1.807) is 14.1 Å². The lowest BCUT2D eigenvalue weighted by Crippen LogP contribution is -2.39. The van der Waals surface area contributed by atoms with E-state index in [0.717, 1.165) is 17.1 Å². The number of aliphatic imine (C=N–C) groups is 1. The summed E-state index contributed by atoms with van der Waals surface area (Å²) >= 11 is 0. The van der Waals surface area contributed by atoms with Crippen molar-refractivity contribution in [2.75, 3.05) is 40.4 Å². The second-order valence-corrected chi connectivity index (χ2v) is 5.92. The number of carbonyl (C=O) groups excluding carboxylic acids is 1. The van der Waals surface area contributed by atoms with Crippen LogP contribution in [-0.4, -0.2) is 57.2 Å². The highest BCUT2D eigenvalue weighted by molar-refractivity contribution is 5.85. The average Bonchev–Trinajstić information content (AvgIpc) is 2.61. The normalized spacial score (nSPS) is 12.3. The molecule has 0 radical (unpaired) electrons. The quantitative estimate of drug-likeness (QED) is 0.519. The first-order chi connectivity index (χ1) is 12.4. The molecule has 1 aromatic carbocycles. The highest BCUT2D eigenvalue weighted by Gasteiger charge is 2.13. The van der Waals surface area contributed by atoms with Gasteiger partial charge in [-0.3, -0.25) is 4.79 Å². The van der Waals surface area contributed by atoms with Gasteiger partial charge in [0.2, 0.25) is 5.91 Å². The predicted molar refractivity (Wildman–Crippen MR) is 105 cm³/mol. The van der Waals surface area contributed by atoms with Gasteiger partial charge in [0.1, 0.15) is 6.54 Å². The standard InChI is InChI=1S/C19H32N4O3/c1-7-20-19(21-13-18(24)23(5)6)22-14(4)15-10-11-16(25-8-2)17(12-15)26-9-3/h10-12,14H,7-9,13H2,1-6H3,(H2,20,21,22). The highest BCUT2D eigenvalue weighted by atomic mass is 16.5. The molecule has 0 aliphatic carbocycles. The van der Waals surface area contributed by atoms with E-state index >= 15 is 0 Å². The van der Waals surface area contributed by atoms with Crippen LogP contribution in [0.15, 0.2) is 23.2 Å². The zero-order valence-corrected chi connectivity index (χ0v) is 16.8. The van der Waals surface area contributed by atoms with Crippen molar-refractivity contribution < 1.29 is 14.3 Å². The molecule has 0 spiro atoms. The van der Waals surface area contributed by atoms with Gasteiger partial charge in [0.05, 0.1) is 19.3 Å². The molecule has 1 atom stereocenters. The lowest BCUT2D eigenvalue weighted by atomic mass is 10.1. The van der Waals surface area contributed by atoms with Gasteiger partial charge in [-0.2, -0.15) is 0 Å². The molecular formula is C19H32N4O3. The Bertz CT molecular complexity index is 602. The number of nitrogens with zero attached hydrogens (tertiary/aromatic N) is 2. The van der Waals surface area contributed by atoms with Gasteiger partial charge >= 0.3 is 0 Å². The second kappa shape index (κ2) is 11.2. The summed E-state index contributed by atoms with van der Waals surface area (Å²) in [7, 11) is 3.44. The number of carbonyl (C=O) groups is 1. The molecule has 1 aromatic rings. The van der Waals surface area contributed by atoms with E-state index in [-0.39, 0.29) is 18.5 Å². The van der Waals surface area contributed by atoms with E-state index in [2.05, 4.69) is 15.6 Å². The Hall–Kier alpha value is -2.44. The molecule has 0 fully saturated rings. The summed E-state index contributed by atoms with van der Waals surface area (Å²) in [6.45, 7) is 9.88. The maximum absolute atomic E-state index is 11.8. The lowest BCUT2D eigenvalue weighted by Gasteiger charge is -2.20. The molecule has 0 aromatic heterocycles. The number of nitrogens with one attached hydrogen (secondary N) is 2. The largest absolute Gasteiger partial charge is 0.490 e. The van der Waals surface area contributed by atoms with Crippen molar-refractivity contribution in [3.8, 4) is 11.5 Å². The van der Waals surface area contributed by atoms with Gasteiger partial charge in [-0.15, -0.1) is 0 Å². The topological polar surface area (TPSA) is 75.2 Å². The Morgan fingerprint density at radius 2 is 1.81 bits per heavy atom. The molecule has 0 aliphatic rings. The summed E-state index contributed by atoms with van der Waals surface area (Å²) in [5.74, 6) is 2.02. The Morgan fingerprint density at radius 1 is 1.15 bits per heavy atom. The Labute approximate surface area is 156 Å². The van der Waals surface area contributed by atoms with Crippen LogP contribution < -0.4 is 20.1 Å². The number of amides is 1. The van der Waals surface area contributed by atoms with E-state index in [1.807, 2.05) is 45.9 Å². The van der Waals surface area contributed by atoms with Gasteiger partial charge in [0, 0.05) is 20.6 Å². The molecule has 1 unspecified atom stereocenters. The first-order valence-electron chi connectivity index (χ1n) is 9.07. The summed E-state index contributed by atoms with van der Waals surface area (Å²) in [5, 5.41) is 6.48. The summed E-state index contributed by atoms with van der Waals surface area (Å²) in [5.41, 5.74) is 1.04. The van der Waals surface area contributed by atoms with Crippen molar-refractivity contribution in [2.24, 2.45) is 4.99 Å². The Balaban J connectivity index is 2.91. The van der Waals surface area contributed by atoms with Crippen LogP contribution in [0, 0.1) is 0 Å². The van der Waals surface area contributed by atoms with Gasteiger partial charge in [0.25, 0.3) is 0 Å². The van der Waals surface area contributed by atoms with E-state index < -0.39 is 0 Å². The summed E-state index contributed by atoms with van der Waals surface area (Å²) < 4.78 is 11.3. The number of rotatable bonds is 9. The maximum Gasteiger partial charge on any atom is 0.243 e. The fourth-order valence-corrected chi connectivity index (χ4v) is 2.23. The van der Waals surface area contributed by atoms with Crippen LogP contribution in [0.5, 0.6) is 11.5 Å². The number of benzene rings is 1. The minimum absolute atomic E-state index is 0.0165. The van der Waals surface area contributed by atoms with Gasteiger partial charge in [-0.1, -0.05) is 6.07 Å². The molecule has 0 saturated heterocycles. The molecule has 26 heavy (non-hydrogen) atoms. The summed E-state index contributed by atoms with van der Waals surface area (Å²) in [4.78, 5) is 17.6. The average molecular weight is 364 g/mol. The maximum atomic E-state index is 11.8. The van der Waals surface area contributed by atoms with Crippen molar-refractivity contribution in [3.05, 3.63) is 23.8 Å². The molecule has 146 valence electrons. The fourth-order valence-electron chi connectivity index (χ4n) is 2.23. The van der Waals surface area contributed by atoms with Crippen molar-refractivity contribution in [2.45, 2.75) is 33.7 Å². The van der Waals surface area contributed by atoms with Crippen molar-refractivity contribution in [3.63, 3.8) is 0 Å². The highest BCUT2D eigenvalue weighted by Crippen LogP contribution is 2.30. The van der Waals surface area contributed by atoms with Gasteiger partial charge in [-0.25, -0.2) is 4.99 Å². The molecule has 1 rings (SSSR count).